The third-order valence-corrected chi connectivity index (χ3v) is 6.04. The predicted octanol–water partition coefficient (Wildman–Crippen LogP) is 2.69. The van der Waals surface area contributed by atoms with Crippen LogP contribution < -0.4 is 4.90 Å². The highest BCUT2D eigenvalue weighted by atomic mass is 16.2. The molecule has 2 N–H and O–H groups in total. The van der Waals surface area contributed by atoms with Gasteiger partial charge < -0.3 is 9.80 Å². The van der Waals surface area contributed by atoms with E-state index in [-0.39, 0.29) is 11.9 Å². The molecule has 1 aromatic heterocycles. The Hall–Kier alpha value is -3.44. The lowest BCUT2D eigenvalue weighted by Gasteiger charge is -2.36. The van der Waals surface area contributed by atoms with Crippen molar-refractivity contribution in [2.75, 3.05) is 26.2 Å². The van der Waals surface area contributed by atoms with Gasteiger partial charge in [-0.05, 0) is 6.07 Å². The molecule has 0 unspecified atom stereocenters. The van der Waals surface area contributed by atoms with Crippen LogP contribution in [0.3, 0.4) is 0 Å². The van der Waals surface area contributed by atoms with Crippen LogP contribution in [0, 0.1) is 0 Å². The van der Waals surface area contributed by atoms with E-state index in [2.05, 4.69) is 70.9 Å². The Morgan fingerprint density at radius 2 is 1.40 bits per heavy atom. The minimum absolute atomic E-state index is 0.0162. The fourth-order valence-electron chi connectivity index (χ4n) is 4.52. The summed E-state index contributed by atoms with van der Waals surface area (Å²) in [6.45, 7) is 3.27. The van der Waals surface area contributed by atoms with Crippen LogP contribution in [0.5, 0.6) is 0 Å². The van der Waals surface area contributed by atoms with Gasteiger partial charge in [0.25, 0.3) is 5.91 Å². The van der Waals surface area contributed by atoms with Crippen LogP contribution in [0.2, 0.25) is 0 Å². The molecule has 1 amide bonds. The predicted molar refractivity (Wildman–Crippen MR) is 117 cm³/mol. The average Bonchev–Trinajstić information content (AvgIpc) is 3.25. The number of amides is 1. The number of benzene rings is 3. The van der Waals surface area contributed by atoms with E-state index in [1.807, 2.05) is 29.2 Å². The van der Waals surface area contributed by atoms with Crippen molar-refractivity contribution in [3.05, 3.63) is 102 Å². The second-order valence-corrected chi connectivity index (χ2v) is 7.82. The topological polar surface area (TPSA) is 53.4 Å². The Kier molecular flexibility index (Phi) is 5.03. The lowest BCUT2D eigenvalue weighted by Crippen LogP contribution is -3.15. The smallest absolute Gasteiger partial charge is 0.275 e. The summed E-state index contributed by atoms with van der Waals surface area (Å²) in [5.41, 5.74) is 4.06. The minimum atomic E-state index is 0.0162. The zero-order chi connectivity index (χ0) is 20.3. The average molecular weight is 398 g/mol. The highest BCUT2D eigenvalue weighted by Crippen LogP contribution is 2.20. The van der Waals surface area contributed by atoms with Crippen molar-refractivity contribution in [3.63, 3.8) is 0 Å². The maximum absolute atomic E-state index is 13.1. The second-order valence-electron chi connectivity index (χ2n) is 7.82. The van der Waals surface area contributed by atoms with Crippen molar-refractivity contribution in [2.24, 2.45) is 0 Å². The number of fused-ring (bicyclic) bond motifs is 1. The van der Waals surface area contributed by atoms with Crippen molar-refractivity contribution < 1.29 is 9.69 Å². The molecule has 4 aromatic rings. The number of rotatable bonds is 4. The van der Waals surface area contributed by atoms with Gasteiger partial charge in [-0.1, -0.05) is 78.9 Å². The number of H-pyrrole nitrogens is 1. The fourth-order valence-corrected chi connectivity index (χ4v) is 4.52. The standard InChI is InChI=1S/C25H24N4O/c30-25(23-21-13-7-8-14-22(21)26-27-23)29-17-15-28(16-18-29)24(19-9-3-1-4-10-19)20-11-5-2-6-12-20/h1-14,24H,15-18H2,(H,26,27)/p+1. The molecule has 3 aromatic carbocycles. The van der Waals surface area contributed by atoms with Crippen LogP contribution in [0.25, 0.3) is 10.9 Å². The molecule has 1 aliphatic rings. The number of nitrogens with zero attached hydrogens (tertiary/aromatic N) is 2. The van der Waals surface area contributed by atoms with Crippen LogP contribution in [-0.2, 0) is 0 Å². The number of carbonyl (C=O) groups is 1. The van der Waals surface area contributed by atoms with Gasteiger partial charge in [0.2, 0.25) is 0 Å². The van der Waals surface area contributed by atoms with E-state index in [1.54, 1.807) is 0 Å². The summed E-state index contributed by atoms with van der Waals surface area (Å²) in [7, 11) is 0. The van der Waals surface area contributed by atoms with E-state index in [0.29, 0.717) is 5.69 Å². The summed E-state index contributed by atoms with van der Waals surface area (Å²) < 4.78 is 0. The van der Waals surface area contributed by atoms with Crippen LogP contribution in [-0.4, -0.2) is 47.2 Å². The van der Waals surface area contributed by atoms with Gasteiger partial charge in [0, 0.05) is 16.5 Å². The first kappa shape index (κ1) is 18.6. The van der Waals surface area contributed by atoms with Gasteiger partial charge in [-0.25, -0.2) is 0 Å². The fraction of sp³-hybridized carbons (Fsp3) is 0.200. The van der Waals surface area contributed by atoms with Gasteiger partial charge in [-0.2, -0.15) is 5.10 Å². The second kappa shape index (κ2) is 8.13. The van der Waals surface area contributed by atoms with Gasteiger partial charge in [-0.15, -0.1) is 0 Å². The molecule has 0 bridgehead atoms. The number of para-hydroxylation sites is 1. The number of hydrogen-bond acceptors (Lipinski definition) is 2. The van der Waals surface area contributed by atoms with E-state index in [1.165, 1.54) is 16.0 Å². The van der Waals surface area contributed by atoms with Gasteiger partial charge in [0.1, 0.15) is 6.04 Å². The van der Waals surface area contributed by atoms with Gasteiger partial charge >= 0.3 is 0 Å². The molecule has 5 heteroatoms. The number of aromatic nitrogens is 2. The Balaban J connectivity index is 1.35. The summed E-state index contributed by atoms with van der Waals surface area (Å²) in [5, 5.41) is 8.16. The van der Waals surface area contributed by atoms with Crippen molar-refractivity contribution in [2.45, 2.75) is 6.04 Å². The van der Waals surface area contributed by atoms with Crippen LogP contribution in [0.1, 0.15) is 27.7 Å². The molecular formula is C25H25N4O+. The maximum Gasteiger partial charge on any atom is 0.275 e. The number of nitrogens with one attached hydrogen (secondary N) is 2. The Morgan fingerprint density at radius 3 is 2.03 bits per heavy atom. The first-order valence-electron chi connectivity index (χ1n) is 10.5. The summed E-state index contributed by atoms with van der Waals surface area (Å²) in [6, 6.07) is 29.4. The number of hydrogen-bond donors (Lipinski definition) is 2. The molecule has 0 atom stereocenters. The SMILES string of the molecule is O=C(c1n[nH]c2ccccc12)N1CC[NH+](C(c2ccccc2)c2ccccc2)CC1. The molecule has 2 heterocycles. The first-order valence-corrected chi connectivity index (χ1v) is 10.5. The third kappa shape index (κ3) is 3.48. The summed E-state index contributed by atoms with van der Waals surface area (Å²) >= 11 is 0. The van der Waals surface area contributed by atoms with E-state index < -0.39 is 0 Å². The molecule has 1 saturated heterocycles. The Morgan fingerprint density at radius 1 is 0.833 bits per heavy atom. The van der Waals surface area contributed by atoms with Crippen LogP contribution in [0.15, 0.2) is 84.9 Å². The summed E-state index contributed by atoms with van der Waals surface area (Å²) in [4.78, 5) is 16.6. The highest BCUT2D eigenvalue weighted by molar-refractivity contribution is 6.04. The maximum atomic E-state index is 13.1. The van der Waals surface area contributed by atoms with Crippen LogP contribution in [0.4, 0.5) is 0 Å². The molecule has 0 aliphatic carbocycles. The molecule has 5 nitrogen and oxygen atoms in total. The first-order chi connectivity index (χ1) is 14.8. The van der Waals surface area contributed by atoms with Crippen molar-refractivity contribution in [1.82, 2.24) is 15.1 Å². The number of piperazine rings is 1. The number of aromatic amines is 1. The summed E-state index contributed by atoms with van der Waals surface area (Å²) in [5.74, 6) is 0.0162. The molecule has 150 valence electrons. The molecule has 0 saturated carbocycles. The lowest BCUT2D eigenvalue weighted by molar-refractivity contribution is -0.929. The number of carbonyl (C=O) groups excluding carboxylic acids is 1. The molecular weight excluding hydrogens is 372 g/mol. The zero-order valence-electron chi connectivity index (χ0n) is 16.8. The summed E-state index contributed by atoms with van der Waals surface area (Å²) in [6.07, 6.45) is 0. The van der Waals surface area contributed by atoms with Gasteiger partial charge in [-0.3, -0.25) is 9.89 Å². The molecule has 1 fully saturated rings. The normalized spacial score (nSPS) is 15.0. The largest absolute Gasteiger partial charge is 0.326 e. The highest BCUT2D eigenvalue weighted by Gasteiger charge is 2.32. The van der Waals surface area contributed by atoms with Crippen molar-refractivity contribution >= 4 is 16.8 Å². The number of quaternary nitrogens is 1. The van der Waals surface area contributed by atoms with E-state index in [9.17, 15) is 4.79 Å². The third-order valence-electron chi connectivity index (χ3n) is 6.04. The van der Waals surface area contributed by atoms with Gasteiger partial charge in [0.05, 0.1) is 31.7 Å². The van der Waals surface area contributed by atoms with Crippen molar-refractivity contribution in [3.8, 4) is 0 Å². The Bertz CT molecular complexity index is 1090. The quantitative estimate of drug-likeness (QED) is 0.556. The van der Waals surface area contributed by atoms with Gasteiger partial charge in [0.15, 0.2) is 5.69 Å². The zero-order valence-corrected chi connectivity index (χ0v) is 16.8. The van der Waals surface area contributed by atoms with E-state index >= 15 is 0 Å². The van der Waals surface area contributed by atoms with E-state index in [4.69, 9.17) is 0 Å². The minimum Gasteiger partial charge on any atom is -0.326 e. The molecule has 5 rings (SSSR count). The lowest BCUT2D eigenvalue weighted by atomic mass is 9.96. The molecule has 1 aliphatic heterocycles. The van der Waals surface area contributed by atoms with Crippen molar-refractivity contribution in [1.29, 1.82) is 0 Å². The Labute approximate surface area is 175 Å². The van der Waals surface area contributed by atoms with Crippen LogP contribution >= 0.6 is 0 Å². The van der Waals surface area contributed by atoms with E-state index in [0.717, 1.165) is 37.1 Å². The molecule has 0 spiro atoms. The molecule has 0 radical (unpaired) electrons. The molecule has 30 heavy (non-hydrogen) atoms. The monoisotopic (exact) mass is 397 g/mol.